The van der Waals surface area contributed by atoms with Crippen LogP contribution in [0.5, 0.6) is 0 Å². The first kappa shape index (κ1) is 14.6. The van der Waals surface area contributed by atoms with Crippen molar-refractivity contribution in [3.8, 4) is 0 Å². The Hall–Kier alpha value is 0.150. The van der Waals surface area contributed by atoms with Gasteiger partial charge < -0.3 is 9.05 Å². The highest BCUT2D eigenvalue weighted by molar-refractivity contribution is 7.54. The van der Waals surface area contributed by atoms with Crippen LogP contribution in [0.1, 0.15) is 71.1 Å². The van der Waals surface area contributed by atoms with E-state index >= 15 is 0 Å². The molecule has 106 valence electrons. The van der Waals surface area contributed by atoms with Gasteiger partial charge in [-0.25, -0.2) is 0 Å². The van der Waals surface area contributed by atoms with E-state index in [9.17, 15) is 4.57 Å². The second-order valence-corrected chi connectivity index (χ2v) is 7.89. The fourth-order valence-electron chi connectivity index (χ4n) is 3.18. The van der Waals surface area contributed by atoms with Crippen LogP contribution in [0, 0.1) is 0 Å². The van der Waals surface area contributed by atoms with Crippen molar-refractivity contribution in [3.63, 3.8) is 0 Å². The largest absolute Gasteiger partial charge is 0.333 e. The van der Waals surface area contributed by atoms with Crippen LogP contribution in [0.4, 0.5) is 0 Å². The summed E-state index contributed by atoms with van der Waals surface area (Å²) >= 11 is 0. The molecule has 0 aliphatic heterocycles. The van der Waals surface area contributed by atoms with Crippen molar-refractivity contribution in [2.75, 3.05) is 6.61 Å². The van der Waals surface area contributed by atoms with Gasteiger partial charge in [0.25, 0.3) is 0 Å². The highest BCUT2D eigenvalue weighted by Gasteiger charge is 2.38. The second-order valence-electron chi connectivity index (χ2n) is 5.61. The molecule has 0 radical (unpaired) electrons. The van der Waals surface area contributed by atoms with Crippen LogP contribution in [0.25, 0.3) is 0 Å². The maximum Gasteiger partial charge on any atom is 0.333 e. The van der Waals surface area contributed by atoms with E-state index in [1.807, 2.05) is 6.92 Å². The Balaban J connectivity index is 1.97. The molecule has 1 atom stereocenters. The van der Waals surface area contributed by atoms with Crippen molar-refractivity contribution in [1.82, 2.24) is 0 Å². The molecule has 1 unspecified atom stereocenters. The number of hydrogen-bond donors (Lipinski definition) is 0. The van der Waals surface area contributed by atoms with Crippen molar-refractivity contribution in [1.29, 1.82) is 0 Å². The first-order chi connectivity index (χ1) is 8.74. The molecule has 0 aromatic heterocycles. The molecule has 0 amide bonds. The van der Waals surface area contributed by atoms with Crippen LogP contribution < -0.4 is 0 Å². The Morgan fingerprint density at radius 1 is 0.944 bits per heavy atom. The molecule has 3 nitrogen and oxygen atoms in total. The predicted molar refractivity (Wildman–Crippen MR) is 74.1 cm³/mol. The molecule has 0 heterocycles. The van der Waals surface area contributed by atoms with E-state index < -0.39 is 7.60 Å². The van der Waals surface area contributed by atoms with E-state index in [0.29, 0.717) is 6.61 Å². The van der Waals surface area contributed by atoms with Crippen molar-refractivity contribution in [2.24, 2.45) is 0 Å². The predicted octanol–water partition coefficient (Wildman–Crippen LogP) is 4.90. The molecule has 2 fully saturated rings. The van der Waals surface area contributed by atoms with Crippen molar-refractivity contribution in [2.45, 2.75) is 82.9 Å². The topological polar surface area (TPSA) is 35.5 Å². The summed E-state index contributed by atoms with van der Waals surface area (Å²) in [6.45, 7) is 2.42. The molecule has 4 heteroatoms. The first-order valence-electron chi connectivity index (χ1n) is 7.67. The quantitative estimate of drug-likeness (QED) is 0.669. The van der Waals surface area contributed by atoms with Gasteiger partial charge in [-0.15, -0.1) is 0 Å². The third-order valence-corrected chi connectivity index (χ3v) is 6.80. The van der Waals surface area contributed by atoms with E-state index in [1.165, 1.54) is 38.5 Å². The molecule has 0 bridgehead atoms. The average molecular weight is 274 g/mol. The normalized spacial score (nSPS) is 26.9. The maximum absolute atomic E-state index is 13.0. The molecule has 0 aromatic carbocycles. The van der Waals surface area contributed by atoms with Crippen molar-refractivity contribution < 1.29 is 13.6 Å². The molecule has 0 N–H and O–H groups in total. The van der Waals surface area contributed by atoms with Gasteiger partial charge in [-0.05, 0) is 32.6 Å². The van der Waals surface area contributed by atoms with Gasteiger partial charge in [0, 0.05) is 0 Å². The summed E-state index contributed by atoms with van der Waals surface area (Å²) in [6.07, 6.45) is 11.7. The minimum absolute atomic E-state index is 0.160. The average Bonchev–Trinajstić information content (AvgIpc) is 2.41. The highest BCUT2D eigenvalue weighted by Crippen LogP contribution is 2.59. The third kappa shape index (κ3) is 3.82. The molecule has 0 aromatic rings. The van der Waals surface area contributed by atoms with Crippen molar-refractivity contribution >= 4 is 7.60 Å². The molecule has 18 heavy (non-hydrogen) atoms. The molecule has 2 aliphatic carbocycles. The summed E-state index contributed by atoms with van der Waals surface area (Å²) in [6, 6.07) is 0. The Bertz CT molecular complexity index is 281. The summed E-state index contributed by atoms with van der Waals surface area (Å²) in [5.41, 5.74) is 0.160. The molecule has 2 aliphatic rings. The van der Waals surface area contributed by atoms with Gasteiger partial charge in [-0.1, -0.05) is 38.5 Å². The zero-order chi connectivity index (χ0) is 12.8. The second kappa shape index (κ2) is 7.07. The van der Waals surface area contributed by atoms with Gasteiger partial charge in [-0.3, -0.25) is 4.57 Å². The Morgan fingerprint density at radius 3 is 2.06 bits per heavy atom. The molecule has 2 saturated carbocycles. The SMILES string of the molecule is CCOP(=O)(OC1CCCCC1)C1CCCCC1. The van der Waals surface area contributed by atoms with Crippen LogP contribution in [0.15, 0.2) is 0 Å². The molecule has 2 rings (SSSR count). The fraction of sp³-hybridized carbons (Fsp3) is 1.00. The van der Waals surface area contributed by atoms with Gasteiger partial charge >= 0.3 is 7.60 Å². The lowest BCUT2D eigenvalue weighted by molar-refractivity contribution is 0.112. The maximum atomic E-state index is 13.0. The zero-order valence-corrected chi connectivity index (χ0v) is 12.5. The minimum atomic E-state index is -2.86. The molecular weight excluding hydrogens is 247 g/mol. The van der Waals surface area contributed by atoms with Crippen LogP contribution in [0.3, 0.4) is 0 Å². The van der Waals surface area contributed by atoms with E-state index in [-0.39, 0.29) is 11.8 Å². The van der Waals surface area contributed by atoms with E-state index in [4.69, 9.17) is 9.05 Å². The van der Waals surface area contributed by atoms with Crippen LogP contribution in [0.2, 0.25) is 0 Å². The van der Waals surface area contributed by atoms with Crippen LogP contribution in [-0.2, 0) is 13.6 Å². The summed E-state index contributed by atoms with van der Waals surface area (Å²) in [7, 11) is -2.86. The lowest BCUT2D eigenvalue weighted by atomic mass is 9.98. The van der Waals surface area contributed by atoms with Crippen molar-refractivity contribution in [3.05, 3.63) is 0 Å². The molecule has 0 saturated heterocycles. The fourth-order valence-corrected chi connectivity index (χ4v) is 5.61. The standard InChI is InChI=1S/C14H27O3P/c1-2-16-18(15,14-11-7-4-8-12-14)17-13-9-5-3-6-10-13/h13-14H,2-12H2,1H3. The van der Waals surface area contributed by atoms with Crippen LogP contribution in [-0.4, -0.2) is 18.4 Å². The van der Waals surface area contributed by atoms with Gasteiger partial charge in [0.05, 0.1) is 18.4 Å². The monoisotopic (exact) mass is 274 g/mol. The smallest absolute Gasteiger partial charge is 0.309 e. The van der Waals surface area contributed by atoms with Crippen LogP contribution >= 0.6 is 7.60 Å². The summed E-state index contributed by atoms with van der Waals surface area (Å²) < 4.78 is 24.6. The van der Waals surface area contributed by atoms with Gasteiger partial charge in [0.2, 0.25) is 0 Å². The third-order valence-electron chi connectivity index (χ3n) is 4.18. The molecule has 0 spiro atoms. The van der Waals surface area contributed by atoms with E-state index in [1.54, 1.807) is 0 Å². The Kier molecular flexibility index (Phi) is 5.72. The van der Waals surface area contributed by atoms with Gasteiger partial charge in [-0.2, -0.15) is 0 Å². The minimum Gasteiger partial charge on any atom is -0.309 e. The summed E-state index contributed by atoms with van der Waals surface area (Å²) in [5, 5.41) is 0. The number of rotatable bonds is 5. The Labute approximate surface area is 111 Å². The van der Waals surface area contributed by atoms with Gasteiger partial charge in [0.15, 0.2) is 0 Å². The van der Waals surface area contributed by atoms with Gasteiger partial charge in [0.1, 0.15) is 0 Å². The Morgan fingerprint density at radius 2 is 1.50 bits per heavy atom. The molecular formula is C14H27O3P. The van der Waals surface area contributed by atoms with E-state index in [2.05, 4.69) is 0 Å². The lowest BCUT2D eigenvalue weighted by Gasteiger charge is -2.33. The number of hydrogen-bond acceptors (Lipinski definition) is 3. The summed E-state index contributed by atoms with van der Waals surface area (Å²) in [5.74, 6) is 0. The zero-order valence-electron chi connectivity index (χ0n) is 11.6. The lowest BCUT2D eigenvalue weighted by Crippen LogP contribution is -2.22. The first-order valence-corrected chi connectivity index (χ1v) is 9.28. The highest BCUT2D eigenvalue weighted by atomic mass is 31.2. The summed E-state index contributed by atoms with van der Waals surface area (Å²) in [4.78, 5) is 0. The van der Waals surface area contributed by atoms with E-state index in [0.717, 1.165) is 25.7 Å².